The predicted octanol–water partition coefficient (Wildman–Crippen LogP) is 2.77. The first-order valence-electron chi connectivity index (χ1n) is 7.64. The first-order valence-corrected chi connectivity index (χ1v) is 7.64. The Morgan fingerprint density at radius 2 is 2.09 bits per heavy atom. The molecule has 0 bridgehead atoms. The lowest BCUT2D eigenvalue weighted by molar-refractivity contribution is 0.0730. The van der Waals surface area contributed by atoms with Crippen molar-refractivity contribution >= 4 is 16.8 Å². The highest BCUT2D eigenvalue weighted by Crippen LogP contribution is 2.25. The number of benzene rings is 2. The number of aromatic amines is 1. The van der Waals surface area contributed by atoms with Crippen LogP contribution < -0.4 is 4.74 Å². The molecule has 0 radical (unpaired) electrons. The van der Waals surface area contributed by atoms with Crippen LogP contribution in [-0.2, 0) is 13.0 Å². The van der Waals surface area contributed by atoms with Crippen LogP contribution >= 0.6 is 0 Å². The average molecular weight is 307 g/mol. The molecule has 1 aliphatic heterocycles. The zero-order valence-electron chi connectivity index (χ0n) is 12.9. The molecule has 0 aliphatic carbocycles. The van der Waals surface area contributed by atoms with E-state index in [1.165, 1.54) is 5.56 Å². The normalized spacial score (nSPS) is 13.9. The number of carbonyl (C=O) groups is 1. The van der Waals surface area contributed by atoms with Crippen molar-refractivity contribution in [1.82, 2.24) is 15.1 Å². The van der Waals surface area contributed by atoms with Crippen molar-refractivity contribution in [2.45, 2.75) is 13.0 Å². The van der Waals surface area contributed by atoms with Crippen molar-refractivity contribution in [3.05, 3.63) is 59.3 Å². The van der Waals surface area contributed by atoms with Crippen molar-refractivity contribution in [2.75, 3.05) is 13.7 Å². The number of aromatic nitrogens is 2. The molecule has 1 aromatic heterocycles. The van der Waals surface area contributed by atoms with E-state index >= 15 is 0 Å². The summed E-state index contributed by atoms with van der Waals surface area (Å²) in [6.45, 7) is 1.30. The molecule has 23 heavy (non-hydrogen) atoms. The maximum Gasteiger partial charge on any atom is 0.275 e. The Hall–Kier alpha value is -2.82. The Labute approximate surface area is 133 Å². The van der Waals surface area contributed by atoms with Crippen molar-refractivity contribution in [3.8, 4) is 5.75 Å². The maximum atomic E-state index is 12.9. The number of H-pyrrole nitrogens is 1. The highest BCUT2D eigenvalue weighted by molar-refractivity contribution is 6.04. The van der Waals surface area contributed by atoms with Crippen LogP contribution in [-0.4, -0.2) is 34.7 Å². The molecule has 0 spiro atoms. The topological polar surface area (TPSA) is 58.2 Å². The minimum Gasteiger partial charge on any atom is -0.497 e. The molecule has 2 heterocycles. The summed E-state index contributed by atoms with van der Waals surface area (Å²) in [5.74, 6) is 0.791. The smallest absolute Gasteiger partial charge is 0.275 e. The van der Waals surface area contributed by atoms with Gasteiger partial charge < -0.3 is 9.64 Å². The molecule has 1 N–H and O–H groups in total. The third kappa shape index (κ3) is 2.34. The fraction of sp³-hybridized carbons (Fsp3) is 0.222. The average Bonchev–Trinajstić information content (AvgIpc) is 3.04. The first-order chi connectivity index (χ1) is 11.3. The molecular formula is C18H17N3O2. The number of methoxy groups -OCH3 is 1. The summed E-state index contributed by atoms with van der Waals surface area (Å²) < 4.78 is 5.29. The minimum absolute atomic E-state index is 0.0316. The van der Waals surface area contributed by atoms with Crippen LogP contribution in [0.1, 0.15) is 21.6 Å². The molecule has 2 aromatic carbocycles. The van der Waals surface area contributed by atoms with E-state index in [-0.39, 0.29) is 5.91 Å². The molecule has 0 atom stereocenters. The summed E-state index contributed by atoms with van der Waals surface area (Å²) in [5.41, 5.74) is 3.80. The molecule has 1 aliphatic rings. The number of fused-ring (bicyclic) bond motifs is 2. The molecule has 3 aromatic rings. The predicted molar refractivity (Wildman–Crippen MR) is 87.5 cm³/mol. The van der Waals surface area contributed by atoms with Crippen LogP contribution in [0.3, 0.4) is 0 Å². The number of carbonyl (C=O) groups excluding carboxylic acids is 1. The van der Waals surface area contributed by atoms with E-state index in [0.717, 1.165) is 28.6 Å². The fourth-order valence-corrected chi connectivity index (χ4v) is 3.11. The van der Waals surface area contributed by atoms with E-state index in [2.05, 4.69) is 16.3 Å². The van der Waals surface area contributed by atoms with Gasteiger partial charge in [-0.2, -0.15) is 5.10 Å². The van der Waals surface area contributed by atoms with Crippen molar-refractivity contribution in [2.24, 2.45) is 0 Å². The highest BCUT2D eigenvalue weighted by Gasteiger charge is 2.25. The van der Waals surface area contributed by atoms with Gasteiger partial charge >= 0.3 is 0 Å². The third-order valence-corrected chi connectivity index (χ3v) is 4.39. The van der Waals surface area contributed by atoms with Gasteiger partial charge in [-0.15, -0.1) is 0 Å². The second-order valence-electron chi connectivity index (χ2n) is 5.73. The van der Waals surface area contributed by atoms with Gasteiger partial charge in [-0.1, -0.05) is 24.3 Å². The molecular weight excluding hydrogens is 290 g/mol. The van der Waals surface area contributed by atoms with Crippen LogP contribution in [0.4, 0.5) is 0 Å². The molecule has 0 unspecified atom stereocenters. The van der Waals surface area contributed by atoms with E-state index in [0.29, 0.717) is 18.8 Å². The molecule has 0 saturated heterocycles. The number of para-hydroxylation sites is 1. The fourth-order valence-electron chi connectivity index (χ4n) is 3.11. The maximum absolute atomic E-state index is 12.9. The van der Waals surface area contributed by atoms with Crippen LogP contribution in [0.15, 0.2) is 42.5 Å². The summed E-state index contributed by atoms with van der Waals surface area (Å²) in [5, 5.41) is 8.02. The Bertz CT molecular complexity index is 885. The standard InChI is InChI=1S/C18H17N3O2/c1-23-14-7-6-12-8-9-21(11-13(12)10-14)18(22)17-15-4-2-3-5-16(15)19-20-17/h2-7,10H,8-9,11H2,1H3,(H,19,20). The third-order valence-electron chi connectivity index (χ3n) is 4.39. The van der Waals surface area contributed by atoms with Crippen LogP contribution in [0.25, 0.3) is 10.9 Å². The van der Waals surface area contributed by atoms with Crippen molar-refractivity contribution < 1.29 is 9.53 Å². The number of hydrogen-bond acceptors (Lipinski definition) is 3. The Morgan fingerprint density at radius 1 is 1.22 bits per heavy atom. The van der Waals surface area contributed by atoms with Crippen LogP contribution in [0.5, 0.6) is 5.75 Å². The zero-order valence-corrected chi connectivity index (χ0v) is 12.9. The van der Waals surface area contributed by atoms with Crippen LogP contribution in [0, 0.1) is 0 Å². The van der Waals surface area contributed by atoms with Gasteiger partial charge in [0.15, 0.2) is 5.69 Å². The highest BCUT2D eigenvalue weighted by atomic mass is 16.5. The van der Waals surface area contributed by atoms with Gasteiger partial charge in [0.25, 0.3) is 5.91 Å². The molecule has 4 rings (SSSR count). The summed E-state index contributed by atoms with van der Waals surface area (Å²) in [4.78, 5) is 14.7. The molecule has 0 saturated carbocycles. The second-order valence-corrected chi connectivity index (χ2v) is 5.73. The Morgan fingerprint density at radius 3 is 2.96 bits per heavy atom. The molecule has 1 amide bonds. The number of nitrogens with one attached hydrogen (secondary N) is 1. The number of amides is 1. The number of hydrogen-bond donors (Lipinski definition) is 1. The van der Waals surface area contributed by atoms with Crippen molar-refractivity contribution in [1.29, 1.82) is 0 Å². The lowest BCUT2D eigenvalue weighted by Crippen LogP contribution is -2.36. The quantitative estimate of drug-likeness (QED) is 0.792. The van der Waals surface area contributed by atoms with Gasteiger partial charge in [-0.05, 0) is 35.7 Å². The van der Waals surface area contributed by atoms with Crippen LogP contribution in [0.2, 0.25) is 0 Å². The number of ether oxygens (including phenoxy) is 1. The van der Waals surface area contributed by atoms with Gasteiger partial charge in [0, 0.05) is 18.5 Å². The molecule has 0 fully saturated rings. The largest absolute Gasteiger partial charge is 0.497 e. The summed E-state index contributed by atoms with van der Waals surface area (Å²) in [6, 6.07) is 13.8. The van der Waals surface area contributed by atoms with E-state index in [1.54, 1.807) is 7.11 Å². The van der Waals surface area contributed by atoms with E-state index < -0.39 is 0 Å². The van der Waals surface area contributed by atoms with Gasteiger partial charge in [-0.3, -0.25) is 9.89 Å². The van der Waals surface area contributed by atoms with E-state index in [9.17, 15) is 4.79 Å². The van der Waals surface area contributed by atoms with Crippen molar-refractivity contribution in [3.63, 3.8) is 0 Å². The lowest BCUT2D eigenvalue weighted by Gasteiger charge is -2.28. The van der Waals surface area contributed by atoms with Gasteiger partial charge in [-0.25, -0.2) is 0 Å². The first kappa shape index (κ1) is 13.8. The number of rotatable bonds is 2. The lowest BCUT2D eigenvalue weighted by atomic mass is 9.99. The SMILES string of the molecule is COc1ccc2c(c1)CN(C(=O)c1n[nH]c3ccccc13)CC2. The molecule has 5 heteroatoms. The summed E-state index contributed by atoms with van der Waals surface area (Å²) in [7, 11) is 1.66. The minimum atomic E-state index is -0.0316. The van der Waals surface area contributed by atoms with E-state index in [1.807, 2.05) is 41.3 Å². The zero-order chi connectivity index (χ0) is 15.8. The molecule has 116 valence electrons. The van der Waals surface area contributed by atoms with E-state index in [4.69, 9.17) is 4.74 Å². The number of nitrogens with zero attached hydrogens (tertiary/aromatic N) is 2. The Kier molecular flexibility index (Phi) is 3.26. The summed E-state index contributed by atoms with van der Waals surface area (Å²) >= 11 is 0. The summed E-state index contributed by atoms with van der Waals surface area (Å²) in [6.07, 6.45) is 0.855. The molecule has 5 nitrogen and oxygen atoms in total. The monoisotopic (exact) mass is 307 g/mol. The van der Waals surface area contributed by atoms with Gasteiger partial charge in [0.2, 0.25) is 0 Å². The Balaban J connectivity index is 1.65. The second kappa shape index (κ2) is 5.43. The van der Waals surface area contributed by atoms with Gasteiger partial charge in [0.1, 0.15) is 5.75 Å². The van der Waals surface area contributed by atoms with Gasteiger partial charge in [0.05, 0.1) is 12.6 Å².